The topological polar surface area (TPSA) is 43.1 Å². The first-order chi connectivity index (χ1) is 7.61. The number of carbonyl (C=O) groups excluding carboxylic acids is 1. The Balaban J connectivity index is 2.40. The van der Waals surface area contributed by atoms with Gasteiger partial charge in [0.25, 0.3) is 0 Å². The van der Waals surface area contributed by atoms with Crippen LogP contribution in [-0.2, 0) is 11.2 Å². The standard InChI is InChI=1S/C13H18BrNO/c1-10(9-15)5-6-13(16)8-11-3-2-4-12(14)7-11/h2-4,7,10H,5-6,8-9,15H2,1H3. The minimum Gasteiger partial charge on any atom is -0.330 e. The molecule has 0 aliphatic rings. The Hall–Kier alpha value is -0.670. The first-order valence-electron chi connectivity index (χ1n) is 5.58. The summed E-state index contributed by atoms with van der Waals surface area (Å²) in [6.45, 7) is 2.73. The van der Waals surface area contributed by atoms with Crippen LogP contribution in [0, 0.1) is 5.92 Å². The summed E-state index contributed by atoms with van der Waals surface area (Å²) in [6.07, 6.45) is 2.05. The third-order valence-corrected chi connectivity index (χ3v) is 3.10. The van der Waals surface area contributed by atoms with Crippen LogP contribution in [-0.4, -0.2) is 12.3 Å². The highest BCUT2D eigenvalue weighted by atomic mass is 79.9. The lowest BCUT2D eigenvalue weighted by Gasteiger charge is -2.07. The lowest BCUT2D eigenvalue weighted by atomic mass is 10.0. The van der Waals surface area contributed by atoms with E-state index in [2.05, 4.69) is 22.9 Å². The lowest BCUT2D eigenvalue weighted by molar-refractivity contribution is -0.118. The summed E-state index contributed by atoms with van der Waals surface area (Å²) in [7, 11) is 0. The molecular formula is C13H18BrNO. The average molecular weight is 284 g/mol. The lowest BCUT2D eigenvalue weighted by Crippen LogP contribution is -2.13. The molecule has 0 fully saturated rings. The molecule has 0 saturated heterocycles. The average Bonchev–Trinajstić information content (AvgIpc) is 2.26. The molecule has 0 aliphatic carbocycles. The van der Waals surface area contributed by atoms with Crippen LogP contribution < -0.4 is 5.73 Å². The van der Waals surface area contributed by atoms with E-state index in [9.17, 15) is 4.79 Å². The van der Waals surface area contributed by atoms with Gasteiger partial charge in [-0.1, -0.05) is 35.0 Å². The van der Waals surface area contributed by atoms with Gasteiger partial charge >= 0.3 is 0 Å². The molecule has 0 aromatic heterocycles. The van der Waals surface area contributed by atoms with Crippen molar-refractivity contribution >= 4 is 21.7 Å². The van der Waals surface area contributed by atoms with Gasteiger partial charge in [-0.15, -0.1) is 0 Å². The van der Waals surface area contributed by atoms with Crippen LogP contribution >= 0.6 is 15.9 Å². The van der Waals surface area contributed by atoms with Crippen molar-refractivity contribution in [3.05, 3.63) is 34.3 Å². The molecule has 0 bridgehead atoms. The predicted octanol–water partition coefficient (Wildman–Crippen LogP) is 2.94. The van der Waals surface area contributed by atoms with Gasteiger partial charge in [-0.3, -0.25) is 4.79 Å². The van der Waals surface area contributed by atoms with Gasteiger partial charge < -0.3 is 5.73 Å². The maximum atomic E-state index is 11.7. The molecule has 3 heteroatoms. The molecule has 0 radical (unpaired) electrons. The number of hydrogen-bond donors (Lipinski definition) is 1. The molecule has 1 rings (SSSR count). The fourth-order valence-electron chi connectivity index (χ4n) is 1.49. The summed E-state index contributed by atoms with van der Waals surface area (Å²) < 4.78 is 1.02. The number of hydrogen-bond acceptors (Lipinski definition) is 2. The van der Waals surface area contributed by atoms with Gasteiger partial charge in [0.05, 0.1) is 0 Å². The van der Waals surface area contributed by atoms with Crippen molar-refractivity contribution in [1.29, 1.82) is 0 Å². The number of Topliss-reactive ketones (excluding diaryl/α,β-unsaturated/α-hetero) is 1. The Morgan fingerprint density at radius 1 is 1.50 bits per heavy atom. The Bertz CT molecular complexity index is 352. The highest BCUT2D eigenvalue weighted by Crippen LogP contribution is 2.13. The van der Waals surface area contributed by atoms with E-state index in [1.807, 2.05) is 24.3 Å². The normalized spacial score (nSPS) is 12.4. The van der Waals surface area contributed by atoms with E-state index in [1.165, 1.54) is 0 Å². The summed E-state index contributed by atoms with van der Waals surface area (Å²) in [6, 6.07) is 7.89. The van der Waals surface area contributed by atoms with Crippen molar-refractivity contribution in [3.63, 3.8) is 0 Å². The zero-order valence-electron chi connectivity index (χ0n) is 9.58. The predicted molar refractivity (Wildman–Crippen MR) is 70.3 cm³/mol. The monoisotopic (exact) mass is 283 g/mol. The molecular weight excluding hydrogens is 266 g/mol. The third-order valence-electron chi connectivity index (χ3n) is 2.61. The maximum absolute atomic E-state index is 11.7. The number of halogens is 1. The van der Waals surface area contributed by atoms with Crippen molar-refractivity contribution in [2.45, 2.75) is 26.2 Å². The van der Waals surface area contributed by atoms with Crippen molar-refractivity contribution in [3.8, 4) is 0 Å². The smallest absolute Gasteiger partial charge is 0.137 e. The van der Waals surface area contributed by atoms with Crippen molar-refractivity contribution in [2.24, 2.45) is 11.7 Å². The van der Waals surface area contributed by atoms with Crippen LogP contribution in [0.2, 0.25) is 0 Å². The molecule has 0 saturated carbocycles. The summed E-state index contributed by atoms with van der Waals surface area (Å²) >= 11 is 3.40. The fourth-order valence-corrected chi connectivity index (χ4v) is 1.93. The summed E-state index contributed by atoms with van der Waals surface area (Å²) in [4.78, 5) is 11.7. The highest BCUT2D eigenvalue weighted by molar-refractivity contribution is 9.10. The molecule has 0 aliphatic heterocycles. The molecule has 88 valence electrons. The van der Waals surface area contributed by atoms with Crippen molar-refractivity contribution in [1.82, 2.24) is 0 Å². The molecule has 16 heavy (non-hydrogen) atoms. The van der Waals surface area contributed by atoms with Crippen molar-refractivity contribution in [2.75, 3.05) is 6.54 Å². The Morgan fingerprint density at radius 2 is 2.25 bits per heavy atom. The van der Waals surface area contributed by atoms with Crippen LogP contribution in [0.4, 0.5) is 0 Å². The SMILES string of the molecule is CC(CN)CCC(=O)Cc1cccc(Br)c1. The largest absolute Gasteiger partial charge is 0.330 e. The second kappa shape index (κ2) is 6.81. The first-order valence-corrected chi connectivity index (χ1v) is 6.37. The first kappa shape index (κ1) is 13.4. The van der Waals surface area contributed by atoms with Crippen LogP contribution in [0.5, 0.6) is 0 Å². The highest BCUT2D eigenvalue weighted by Gasteiger charge is 2.06. The van der Waals surface area contributed by atoms with Gasteiger partial charge in [0.2, 0.25) is 0 Å². The number of benzene rings is 1. The van der Waals surface area contributed by atoms with Gasteiger partial charge in [0.1, 0.15) is 5.78 Å². The van der Waals surface area contributed by atoms with Crippen LogP contribution in [0.15, 0.2) is 28.7 Å². The molecule has 1 aromatic carbocycles. The zero-order valence-corrected chi connectivity index (χ0v) is 11.2. The summed E-state index contributed by atoms with van der Waals surface area (Å²) in [5, 5.41) is 0. The van der Waals surface area contributed by atoms with Gasteiger partial charge in [0, 0.05) is 17.3 Å². The maximum Gasteiger partial charge on any atom is 0.137 e. The van der Waals surface area contributed by atoms with Crippen molar-refractivity contribution < 1.29 is 4.79 Å². The second-order valence-corrected chi connectivity index (χ2v) is 5.14. The molecule has 1 aromatic rings. The quantitative estimate of drug-likeness (QED) is 0.872. The number of nitrogens with two attached hydrogens (primary N) is 1. The van der Waals surface area contributed by atoms with E-state index >= 15 is 0 Å². The van der Waals surface area contributed by atoms with E-state index < -0.39 is 0 Å². The fraction of sp³-hybridized carbons (Fsp3) is 0.462. The van der Waals surface area contributed by atoms with Crippen LogP contribution in [0.3, 0.4) is 0 Å². The number of rotatable bonds is 6. The minimum atomic E-state index is 0.290. The number of carbonyl (C=O) groups is 1. The number of ketones is 1. The Labute approximate surface area is 105 Å². The van der Waals surface area contributed by atoms with E-state index in [0.717, 1.165) is 16.5 Å². The molecule has 1 unspecified atom stereocenters. The van der Waals surface area contributed by atoms with Gasteiger partial charge in [-0.2, -0.15) is 0 Å². The molecule has 0 amide bonds. The molecule has 0 spiro atoms. The Morgan fingerprint density at radius 3 is 2.88 bits per heavy atom. The van der Waals surface area contributed by atoms with E-state index in [4.69, 9.17) is 5.73 Å². The van der Waals surface area contributed by atoms with Gasteiger partial charge in [-0.05, 0) is 36.6 Å². The van der Waals surface area contributed by atoms with Gasteiger partial charge in [-0.25, -0.2) is 0 Å². The van der Waals surface area contributed by atoms with Gasteiger partial charge in [0.15, 0.2) is 0 Å². The second-order valence-electron chi connectivity index (χ2n) is 4.22. The van der Waals surface area contributed by atoms with E-state index in [1.54, 1.807) is 0 Å². The molecule has 2 nitrogen and oxygen atoms in total. The summed E-state index contributed by atoms with van der Waals surface area (Å²) in [5.41, 5.74) is 6.58. The third kappa shape index (κ3) is 4.90. The molecule has 0 heterocycles. The zero-order chi connectivity index (χ0) is 12.0. The molecule has 2 N–H and O–H groups in total. The van der Waals surface area contributed by atoms with E-state index in [-0.39, 0.29) is 0 Å². The minimum absolute atomic E-state index is 0.290. The van der Waals surface area contributed by atoms with E-state index in [0.29, 0.717) is 31.1 Å². The Kier molecular flexibility index (Phi) is 5.71. The van der Waals surface area contributed by atoms with Crippen LogP contribution in [0.25, 0.3) is 0 Å². The molecule has 1 atom stereocenters. The summed E-state index contributed by atoms with van der Waals surface area (Å²) in [5.74, 6) is 0.727. The van der Waals surface area contributed by atoms with Crippen LogP contribution in [0.1, 0.15) is 25.3 Å².